The number of aryl methyl sites for hydroxylation is 1. The van der Waals surface area contributed by atoms with Crippen LogP contribution in [0.25, 0.3) is 11.1 Å². The van der Waals surface area contributed by atoms with Crippen molar-refractivity contribution in [2.75, 3.05) is 12.3 Å². The summed E-state index contributed by atoms with van der Waals surface area (Å²) in [7, 11) is 0. The Bertz CT molecular complexity index is 1170. The van der Waals surface area contributed by atoms with Crippen LogP contribution in [-0.2, 0) is 13.0 Å². The zero-order valence-electron chi connectivity index (χ0n) is 18.7. The molecule has 1 aliphatic carbocycles. The average Bonchev–Trinajstić information content (AvgIpc) is 3.38. The van der Waals surface area contributed by atoms with Gasteiger partial charge in [-0.05, 0) is 48.2 Å². The van der Waals surface area contributed by atoms with E-state index in [4.69, 9.17) is 11.6 Å². The number of anilines is 1. The Hall–Kier alpha value is -3.53. The number of carbonyl (C=O) groups excluding carboxylic acids is 1. The molecule has 0 spiro atoms. The normalized spacial score (nSPS) is 14.6. The summed E-state index contributed by atoms with van der Waals surface area (Å²) in [6, 6.07) is 10.3. The number of hydrogen-bond donors (Lipinski definition) is 2. The van der Waals surface area contributed by atoms with E-state index < -0.39 is 12.3 Å². The molecule has 3 aromatic rings. The molecule has 1 aliphatic rings. The van der Waals surface area contributed by atoms with Crippen LogP contribution in [0.2, 0.25) is 0 Å². The molecule has 2 aromatic carbocycles. The number of imidazole rings is 1. The molecular formula is C24H26F3N5O2. The molecule has 0 saturated heterocycles. The summed E-state index contributed by atoms with van der Waals surface area (Å²) < 4.78 is 43.2. The number of ether oxygens (including phenoxy) is 1. The van der Waals surface area contributed by atoms with Crippen molar-refractivity contribution in [3.05, 3.63) is 66.2 Å². The van der Waals surface area contributed by atoms with Crippen molar-refractivity contribution in [3.63, 3.8) is 0 Å². The van der Waals surface area contributed by atoms with Crippen molar-refractivity contribution >= 4 is 11.6 Å². The molecule has 0 radical (unpaired) electrons. The predicted octanol–water partition coefficient (Wildman–Crippen LogP) is 4.39. The molecular weight excluding hydrogens is 447 g/mol. The summed E-state index contributed by atoms with van der Waals surface area (Å²) >= 11 is 0. The van der Waals surface area contributed by atoms with Crippen LogP contribution in [0.1, 0.15) is 35.9 Å². The van der Waals surface area contributed by atoms with E-state index in [-0.39, 0.29) is 22.4 Å². The number of rotatable bonds is 8. The number of carbonyl (C=O) groups is 1. The summed E-state index contributed by atoms with van der Waals surface area (Å²) in [5.74, 6) is 6.44. The van der Waals surface area contributed by atoms with Gasteiger partial charge < -0.3 is 15.0 Å². The SMILES string of the molecule is CCc1nccn1CC1(CN(N)C(=O)c2cc(-c3ccc(OC(F)(F)F)cc3)ccc2N)CC1. The topological polar surface area (TPSA) is 99.4 Å². The Morgan fingerprint density at radius 3 is 2.47 bits per heavy atom. The lowest BCUT2D eigenvalue weighted by Gasteiger charge is -2.25. The monoisotopic (exact) mass is 473 g/mol. The van der Waals surface area contributed by atoms with E-state index in [9.17, 15) is 18.0 Å². The maximum Gasteiger partial charge on any atom is 0.573 e. The first-order valence-electron chi connectivity index (χ1n) is 10.9. The smallest absolute Gasteiger partial charge is 0.406 e. The van der Waals surface area contributed by atoms with Gasteiger partial charge in [0.05, 0.1) is 5.56 Å². The molecule has 4 N–H and O–H groups in total. The molecule has 0 bridgehead atoms. The van der Waals surface area contributed by atoms with Gasteiger partial charge in [0.15, 0.2) is 0 Å². The number of amides is 1. The van der Waals surface area contributed by atoms with Gasteiger partial charge in [0.2, 0.25) is 0 Å². The number of hydrazine groups is 1. The highest BCUT2D eigenvalue weighted by molar-refractivity contribution is 6.00. The standard InChI is InChI=1S/C24H26F3N5O2/c1-2-21-30-11-12-31(21)14-23(9-10-23)15-32(29)22(33)19-13-17(5-8-20(19)28)16-3-6-18(7-4-16)34-24(25,26)27/h3-8,11-13H,2,9-10,14-15,28-29H2,1H3. The molecule has 1 amide bonds. The fourth-order valence-electron chi connectivity index (χ4n) is 4.06. The Morgan fingerprint density at radius 2 is 1.85 bits per heavy atom. The van der Waals surface area contributed by atoms with Gasteiger partial charge in [-0.25, -0.2) is 10.8 Å². The molecule has 0 atom stereocenters. The van der Waals surface area contributed by atoms with Crippen molar-refractivity contribution in [2.24, 2.45) is 11.3 Å². The third-order valence-corrected chi connectivity index (χ3v) is 6.05. The third kappa shape index (κ3) is 5.33. The molecule has 1 saturated carbocycles. The fourth-order valence-corrected chi connectivity index (χ4v) is 4.06. The molecule has 180 valence electrons. The van der Waals surface area contributed by atoms with Crippen molar-refractivity contribution < 1.29 is 22.7 Å². The average molecular weight is 473 g/mol. The molecule has 7 nitrogen and oxygen atoms in total. The predicted molar refractivity (Wildman–Crippen MR) is 121 cm³/mol. The summed E-state index contributed by atoms with van der Waals surface area (Å²) in [4.78, 5) is 17.5. The number of halogens is 3. The summed E-state index contributed by atoms with van der Waals surface area (Å²) in [5.41, 5.74) is 7.71. The van der Waals surface area contributed by atoms with Crippen LogP contribution < -0.4 is 16.3 Å². The van der Waals surface area contributed by atoms with Crippen LogP contribution >= 0.6 is 0 Å². The third-order valence-electron chi connectivity index (χ3n) is 6.05. The van der Waals surface area contributed by atoms with Crippen LogP contribution in [-0.4, -0.2) is 33.4 Å². The van der Waals surface area contributed by atoms with E-state index in [2.05, 4.69) is 14.3 Å². The van der Waals surface area contributed by atoms with Crippen LogP contribution in [0.15, 0.2) is 54.9 Å². The Kier molecular flexibility index (Phi) is 6.26. The minimum Gasteiger partial charge on any atom is -0.406 e. The van der Waals surface area contributed by atoms with Crippen molar-refractivity contribution in [1.82, 2.24) is 14.6 Å². The zero-order valence-corrected chi connectivity index (χ0v) is 18.7. The van der Waals surface area contributed by atoms with Crippen LogP contribution in [0.4, 0.5) is 18.9 Å². The first-order valence-corrected chi connectivity index (χ1v) is 10.9. The number of hydrogen-bond acceptors (Lipinski definition) is 5. The van der Waals surface area contributed by atoms with Crippen LogP contribution in [0, 0.1) is 5.41 Å². The highest BCUT2D eigenvalue weighted by Crippen LogP contribution is 2.47. The van der Waals surface area contributed by atoms with E-state index in [0.717, 1.165) is 31.6 Å². The van der Waals surface area contributed by atoms with E-state index in [0.29, 0.717) is 17.7 Å². The second-order valence-corrected chi connectivity index (χ2v) is 8.63. The second kappa shape index (κ2) is 9.02. The number of aromatic nitrogens is 2. The minimum absolute atomic E-state index is 0.101. The number of nitrogen functional groups attached to an aromatic ring is 1. The Morgan fingerprint density at radius 1 is 1.18 bits per heavy atom. The molecule has 0 aliphatic heterocycles. The van der Waals surface area contributed by atoms with E-state index in [1.807, 2.05) is 13.1 Å². The molecule has 1 heterocycles. The van der Waals surface area contributed by atoms with Gasteiger partial charge in [0, 0.05) is 43.0 Å². The maximum absolute atomic E-state index is 13.1. The largest absolute Gasteiger partial charge is 0.573 e. The van der Waals surface area contributed by atoms with E-state index >= 15 is 0 Å². The van der Waals surface area contributed by atoms with Gasteiger partial charge in [0.1, 0.15) is 11.6 Å². The molecule has 4 rings (SSSR count). The summed E-state index contributed by atoms with van der Waals surface area (Å²) in [6.07, 6.45) is 1.68. The Balaban J connectivity index is 1.48. The minimum atomic E-state index is -4.76. The lowest BCUT2D eigenvalue weighted by molar-refractivity contribution is -0.274. The first kappa shape index (κ1) is 23.6. The quantitative estimate of drug-likeness (QED) is 0.219. The summed E-state index contributed by atoms with van der Waals surface area (Å²) in [6.45, 7) is 3.16. The molecule has 1 fully saturated rings. The second-order valence-electron chi connectivity index (χ2n) is 8.63. The van der Waals surface area contributed by atoms with Crippen molar-refractivity contribution in [2.45, 2.75) is 39.1 Å². The van der Waals surface area contributed by atoms with Gasteiger partial charge >= 0.3 is 6.36 Å². The maximum atomic E-state index is 13.1. The fraction of sp³-hybridized carbons (Fsp3) is 0.333. The number of nitrogens with two attached hydrogens (primary N) is 2. The lowest BCUT2D eigenvalue weighted by atomic mass is 10.0. The number of benzene rings is 2. The molecule has 1 aromatic heterocycles. The Labute approximate surface area is 195 Å². The lowest BCUT2D eigenvalue weighted by Crippen LogP contribution is -2.43. The van der Waals surface area contributed by atoms with Crippen molar-refractivity contribution in [1.29, 1.82) is 0 Å². The highest BCUT2D eigenvalue weighted by atomic mass is 19.4. The van der Waals surface area contributed by atoms with Gasteiger partial charge in [-0.15, -0.1) is 13.2 Å². The molecule has 0 unspecified atom stereocenters. The van der Waals surface area contributed by atoms with Crippen LogP contribution in [0.3, 0.4) is 0 Å². The van der Waals surface area contributed by atoms with Gasteiger partial charge in [0.25, 0.3) is 5.91 Å². The van der Waals surface area contributed by atoms with Gasteiger partial charge in [-0.2, -0.15) is 0 Å². The summed E-state index contributed by atoms with van der Waals surface area (Å²) in [5, 5.41) is 1.20. The van der Waals surface area contributed by atoms with E-state index in [1.54, 1.807) is 24.4 Å². The van der Waals surface area contributed by atoms with Crippen LogP contribution in [0.5, 0.6) is 5.75 Å². The number of nitrogens with zero attached hydrogens (tertiary/aromatic N) is 3. The first-order chi connectivity index (χ1) is 16.1. The molecule has 34 heavy (non-hydrogen) atoms. The van der Waals surface area contributed by atoms with Gasteiger partial charge in [-0.3, -0.25) is 9.80 Å². The number of alkyl halides is 3. The zero-order chi connectivity index (χ0) is 24.5. The van der Waals surface area contributed by atoms with E-state index in [1.165, 1.54) is 29.3 Å². The highest BCUT2D eigenvalue weighted by Gasteiger charge is 2.45. The van der Waals surface area contributed by atoms with Crippen molar-refractivity contribution in [3.8, 4) is 16.9 Å². The van der Waals surface area contributed by atoms with Gasteiger partial charge in [-0.1, -0.05) is 25.1 Å². The molecule has 10 heteroatoms.